The first kappa shape index (κ1) is 18.2. The highest BCUT2D eigenvalue weighted by atomic mass is 35.5. The van der Waals surface area contributed by atoms with Crippen LogP contribution < -0.4 is 4.74 Å². The van der Waals surface area contributed by atoms with Gasteiger partial charge in [-0.25, -0.2) is 0 Å². The summed E-state index contributed by atoms with van der Waals surface area (Å²) in [6.45, 7) is 0.0662. The first-order chi connectivity index (χ1) is 14.1. The summed E-state index contributed by atoms with van der Waals surface area (Å²) in [7, 11) is 0. The summed E-state index contributed by atoms with van der Waals surface area (Å²) in [5.41, 5.74) is 1.57. The number of ketones is 1. The number of para-hydroxylation sites is 1. The highest BCUT2D eigenvalue weighted by Crippen LogP contribution is 2.46. The molecule has 2 aliphatic heterocycles. The maximum Gasteiger partial charge on any atom is 0.245 e. The molecule has 0 bridgehead atoms. The van der Waals surface area contributed by atoms with Crippen LogP contribution >= 0.6 is 23.2 Å². The van der Waals surface area contributed by atoms with E-state index in [1.165, 1.54) is 0 Å². The second kappa shape index (κ2) is 6.90. The molecule has 2 unspecified atom stereocenters. The Bertz CT molecular complexity index is 1130. The van der Waals surface area contributed by atoms with Crippen molar-refractivity contribution in [2.75, 3.05) is 6.61 Å². The number of fused-ring (bicyclic) bond motifs is 1. The van der Waals surface area contributed by atoms with Crippen molar-refractivity contribution in [2.45, 2.75) is 11.5 Å². The first-order valence-corrected chi connectivity index (χ1v) is 9.88. The van der Waals surface area contributed by atoms with Gasteiger partial charge in [-0.2, -0.15) is 0 Å². The van der Waals surface area contributed by atoms with Crippen molar-refractivity contribution >= 4 is 34.7 Å². The zero-order valence-electron chi connectivity index (χ0n) is 15.1. The number of carbonyl (C=O) groups is 1. The number of carbonyl (C=O) groups excluding carboxylic acids is 1. The highest BCUT2D eigenvalue weighted by Gasteiger charge is 2.58. The molecule has 6 heteroatoms. The minimum Gasteiger partial charge on any atom is -0.488 e. The number of ether oxygens (including phenoxy) is 1. The average molecular weight is 424 g/mol. The highest BCUT2D eigenvalue weighted by molar-refractivity contribution is 6.31. The third-order valence-electron chi connectivity index (χ3n) is 5.35. The van der Waals surface area contributed by atoms with Gasteiger partial charge in [-0.15, -0.1) is 0 Å². The normalized spacial score (nSPS) is 22.6. The molecular weight excluding hydrogens is 409 g/mol. The minimum absolute atomic E-state index is 0.0662. The van der Waals surface area contributed by atoms with Crippen molar-refractivity contribution < 1.29 is 14.4 Å². The van der Waals surface area contributed by atoms with Gasteiger partial charge in [0.1, 0.15) is 12.4 Å². The molecule has 0 amide bonds. The molecule has 1 spiro atoms. The maximum atomic E-state index is 13.6. The maximum absolute atomic E-state index is 13.6. The fourth-order valence-electron chi connectivity index (χ4n) is 3.92. The largest absolute Gasteiger partial charge is 0.488 e. The van der Waals surface area contributed by atoms with Gasteiger partial charge in [-0.1, -0.05) is 64.8 Å². The first-order valence-electron chi connectivity index (χ1n) is 9.12. The fraction of sp³-hybridized carbons (Fsp3) is 0.130. The number of Topliss-reactive ketones (excluding diaryl/α,β-unsaturated/α-hetero) is 1. The Labute approximate surface area is 177 Å². The summed E-state index contributed by atoms with van der Waals surface area (Å²) in [5, 5.41) is 5.59. The number of hydrogen-bond donors (Lipinski definition) is 0. The summed E-state index contributed by atoms with van der Waals surface area (Å²) in [6.07, 6.45) is 0. The predicted octanol–water partition coefficient (Wildman–Crippen LogP) is 5.53. The number of oxime groups is 1. The Morgan fingerprint density at radius 3 is 2.28 bits per heavy atom. The third-order valence-corrected chi connectivity index (χ3v) is 5.85. The summed E-state index contributed by atoms with van der Waals surface area (Å²) < 4.78 is 5.94. The van der Waals surface area contributed by atoms with Crippen molar-refractivity contribution in [2.24, 2.45) is 5.16 Å². The average Bonchev–Trinajstić information content (AvgIpc) is 3.12. The zero-order chi connectivity index (χ0) is 20.0. The van der Waals surface area contributed by atoms with Gasteiger partial charge in [0.2, 0.25) is 11.4 Å². The molecule has 144 valence electrons. The predicted molar refractivity (Wildman–Crippen MR) is 112 cm³/mol. The van der Waals surface area contributed by atoms with E-state index in [0.29, 0.717) is 27.1 Å². The van der Waals surface area contributed by atoms with Crippen LogP contribution in [0.4, 0.5) is 0 Å². The van der Waals surface area contributed by atoms with E-state index in [4.69, 9.17) is 32.8 Å². The van der Waals surface area contributed by atoms with Crippen LogP contribution in [0.15, 0.2) is 78.0 Å². The molecule has 3 aromatic rings. The molecule has 0 saturated heterocycles. The molecule has 0 aromatic heterocycles. The smallest absolute Gasteiger partial charge is 0.245 e. The molecule has 3 aromatic carbocycles. The molecule has 5 rings (SSSR count). The lowest BCUT2D eigenvalue weighted by molar-refractivity contribution is -0.0431. The van der Waals surface area contributed by atoms with Gasteiger partial charge in [-0.05, 0) is 42.0 Å². The van der Waals surface area contributed by atoms with Crippen LogP contribution in [0, 0.1) is 0 Å². The topological polar surface area (TPSA) is 47.9 Å². The van der Waals surface area contributed by atoms with Gasteiger partial charge in [0.05, 0.1) is 17.2 Å². The standard InChI is InChI=1S/C23H15Cl2NO3/c24-16-9-5-14(6-10-16)20-21(15-7-11-17(25)12-8-15)26-29-23(20)13-28-19-4-2-1-3-18(19)22(23)27/h1-12,20H,13H2. The van der Waals surface area contributed by atoms with Crippen molar-refractivity contribution in [1.29, 1.82) is 0 Å². The van der Waals surface area contributed by atoms with E-state index >= 15 is 0 Å². The summed E-state index contributed by atoms with van der Waals surface area (Å²) in [5.74, 6) is -0.0460. The van der Waals surface area contributed by atoms with Gasteiger partial charge in [0.15, 0.2) is 0 Å². The van der Waals surface area contributed by atoms with E-state index in [1.54, 1.807) is 36.4 Å². The number of halogens is 2. The van der Waals surface area contributed by atoms with Crippen molar-refractivity contribution in [1.82, 2.24) is 0 Å². The summed E-state index contributed by atoms with van der Waals surface area (Å²) >= 11 is 12.1. The van der Waals surface area contributed by atoms with Crippen LogP contribution in [-0.4, -0.2) is 23.7 Å². The number of benzene rings is 3. The summed E-state index contributed by atoms with van der Waals surface area (Å²) in [6, 6.07) is 21.9. The molecule has 2 heterocycles. The lowest BCUT2D eigenvalue weighted by Crippen LogP contribution is -2.52. The van der Waals surface area contributed by atoms with Gasteiger partial charge >= 0.3 is 0 Å². The van der Waals surface area contributed by atoms with Gasteiger partial charge < -0.3 is 9.57 Å². The Hall–Kier alpha value is -2.82. The number of nitrogens with zero attached hydrogens (tertiary/aromatic N) is 1. The summed E-state index contributed by atoms with van der Waals surface area (Å²) in [4.78, 5) is 19.5. The molecule has 2 aliphatic rings. The van der Waals surface area contributed by atoms with Gasteiger partial charge in [-0.3, -0.25) is 4.79 Å². The molecule has 0 radical (unpaired) electrons. The lowest BCUT2D eigenvalue weighted by atomic mass is 9.73. The molecule has 0 fully saturated rings. The van der Waals surface area contributed by atoms with E-state index in [9.17, 15) is 4.79 Å². The second-order valence-corrected chi connectivity index (χ2v) is 7.94. The Kier molecular flexibility index (Phi) is 4.34. The molecule has 0 saturated carbocycles. The van der Waals surface area contributed by atoms with Crippen molar-refractivity contribution in [3.8, 4) is 5.75 Å². The zero-order valence-corrected chi connectivity index (χ0v) is 16.7. The van der Waals surface area contributed by atoms with Crippen LogP contribution in [0.25, 0.3) is 0 Å². The quantitative estimate of drug-likeness (QED) is 0.544. The monoisotopic (exact) mass is 423 g/mol. The Morgan fingerprint density at radius 1 is 0.897 bits per heavy atom. The van der Waals surface area contributed by atoms with Crippen LogP contribution in [0.5, 0.6) is 5.75 Å². The van der Waals surface area contributed by atoms with Gasteiger partial charge in [0.25, 0.3) is 0 Å². The SMILES string of the molecule is O=C1c2ccccc2OCC12ON=C(c1ccc(Cl)cc1)C2c1ccc(Cl)cc1. The molecule has 29 heavy (non-hydrogen) atoms. The van der Waals surface area contributed by atoms with Crippen LogP contribution in [0.3, 0.4) is 0 Å². The van der Waals surface area contributed by atoms with E-state index in [1.807, 2.05) is 36.4 Å². The van der Waals surface area contributed by atoms with Crippen LogP contribution in [0.2, 0.25) is 10.0 Å². The molecule has 4 nitrogen and oxygen atoms in total. The van der Waals surface area contributed by atoms with E-state index in [0.717, 1.165) is 11.1 Å². The molecular formula is C23H15Cl2NO3. The van der Waals surface area contributed by atoms with E-state index in [2.05, 4.69) is 5.16 Å². The molecule has 0 aliphatic carbocycles. The van der Waals surface area contributed by atoms with Crippen molar-refractivity contribution in [3.63, 3.8) is 0 Å². The van der Waals surface area contributed by atoms with Crippen molar-refractivity contribution in [3.05, 3.63) is 99.5 Å². The third kappa shape index (κ3) is 2.91. The second-order valence-electron chi connectivity index (χ2n) is 7.06. The number of rotatable bonds is 2. The van der Waals surface area contributed by atoms with E-state index in [-0.39, 0.29) is 12.4 Å². The Morgan fingerprint density at radius 2 is 1.55 bits per heavy atom. The Balaban J connectivity index is 1.65. The lowest BCUT2D eigenvalue weighted by Gasteiger charge is -2.35. The molecule has 2 atom stereocenters. The van der Waals surface area contributed by atoms with Crippen LogP contribution in [-0.2, 0) is 4.84 Å². The molecule has 0 N–H and O–H groups in total. The van der Waals surface area contributed by atoms with Gasteiger partial charge in [0, 0.05) is 15.6 Å². The van der Waals surface area contributed by atoms with E-state index < -0.39 is 11.5 Å². The fourth-order valence-corrected chi connectivity index (χ4v) is 4.17. The number of hydrogen-bond acceptors (Lipinski definition) is 4. The minimum atomic E-state index is -1.28. The van der Waals surface area contributed by atoms with Crippen LogP contribution in [0.1, 0.15) is 27.4 Å².